The zero-order valence-electron chi connectivity index (χ0n) is 98.1. The first-order valence-electron chi connectivity index (χ1n) is 56.7. The van der Waals surface area contributed by atoms with E-state index in [1.165, 1.54) is 225 Å². The normalized spacial score (nSPS) is 24.0. The Labute approximate surface area is 825 Å². The van der Waals surface area contributed by atoms with Gasteiger partial charge in [-0.1, -0.05) is 463 Å². The Morgan fingerprint density at radius 1 is 0.144 bits per heavy atom. The van der Waals surface area contributed by atoms with Crippen LogP contribution < -0.4 is 0 Å². The van der Waals surface area contributed by atoms with Crippen molar-refractivity contribution in [1.82, 2.24) is 0 Å². The second kappa shape index (κ2) is 42.9. The summed E-state index contributed by atoms with van der Waals surface area (Å²) in [5, 5.41) is 0. The molecule has 756 valence electrons. The molecule has 0 N–H and O–H groups in total. The van der Waals surface area contributed by atoms with Crippen LogP contribution in [-0.2, 0) is 9.47 Å². The molecule has 12 fully saturated rings. The molecule has 17 aliphatic carbocycles. The van der Waals surface area contributed by atoms with E-state index in [0.29, 0.717) is 81.2 Å². The van der Waals surface area contributed by atoms with Crippen LogP contribution in [0.2, 0.25) is 0 Å². The van der Waals surface area contributed by atoms with E-state index in [4.69, 9.17) is 9.47 Å². The molecule has 0 unspecified atom stereocenters. The summed E-state index contributed by atoms with van der Waals surface area (Å²) >= 11 is 0. The number of hydrogen-bond acceptors (Lipinski definition) is 2. The molecular formula is C130H224O2. The molecule has 132 heavy (non-hydrogen) atoms. The predicted octanol–water partition coefficient (Wildman–Crippen LogP) is 42.9. The van der Waals surface area contributed by atoms with Crippen LogP contribution in [0.15, 0.2) is 134 Å². The molecule has 0 aromatic carbocycles. The lowest BCUT2D eigenvalue weighted by molar-refractivity contribution is -0.145. The zero-order chi connectivity index (χ0) is 101. The maximum atomic E-state index is 5.97. The molecule has 0 aromatic rings. The van der Waals surface area contributed by atoms with Gasteiger partial charge in [0.05, 0.1) is 13.2 Å². The summed E-state index contributed by atoms with van der Waals surface area (Å²) in [6.07, 6.45) is 52.8. The van der Waals surface area contributed by atoms with Gasteiger partial charge in [0.1, 0.15) is 0 Å². The molecule has 6 spiro atoms. The second-order valence-electron chi connectivity index (χ2n) is 56.8. The largest absolute Gasteiger partial charge is 0.347 e. The highest BCUT2D eigenvalue weighted by Gasteiger charge is 2.56. The molecule has 18 rings (SSSR count). The summed E-state index contributed by atoms with van der Waals surface area (Å²) in [7, 11) is 0. The third-order valence-corrected chi connectivity index (χ3v) is 35.1. The minimum absolute atomic E-state index is 0.234. The predicted molar refractivity (Wildman–Crippen MR) is 588 cm³/mol. The summed E-state index contributed by atoms with van der Waals surface area (Å²) < 4.78 is 11.9. The number of rotatable bonds is 0. The topological polar surface area (TPSA) is 18.5 Å². The minimum Gasteiger partial charge on any atom is -0.347 e. The van der Waals surface area contributed by atoms with Crippen molar-refractivity contribution in [3.05, 3.63) is 134 Å². The summed E-state index contributed by atoms with van der Waals surface area (Å²) in [4.78, 5) is 0. The minimum atomic E-state index is -0.335. The second-order valence-corrected chi connectivity index (χ2v) is 56.8. The molecule has 0 atom stereocenters. The molecule has 2 heteroatoms. The monoisotopic (exact) mass is 1820 g/mol. The summed E-state index contributed by atoms with van der Waals surface area (Å²) in [6.45, 7) is 112. The number of hydrogen-bond donors (Lipinski definition) is 0. The average Bonchev–Trinajstić information content (AvgIpc) is 1.61. The van der Waals surface area contributed by atoms with Gasteiger partial charge in [-0.25, -0.2) is 0 Å². The fourth-order valence-corrected chi connectivity index (χ4v) is 28.5. The van der Waals surface area contributed by atoms with Crippen molar-refractivity contribution in [3.8, 4) is 0 Å². The van der Waals surface area contributed by atoms with E-state index in [0.717, 1.165) is 32.5 Å². The van der Waals surface area contributed by atoms with Crippen molar-refractivity contribution in [3.63, 3.8) is 0 Å². The number of fused-ring (bicyclic) bond motifs is 6. The molecule has 0 radical (unpaired) electrons. The van der Waals surface area contributed by atoms with E-state index in [1.807, 2.05) is 83.1 Å². The van der Waals surface area contributed by atoms with Crippen LogP contribution in [0, 0.1) is 92.1 Å². The van der Waals surface area contributed by atoms with Gasteiger partial charge < -0.3 is 9.47 Å². The van der Waals surface area contributed by atoms with Gasteiger partial charge in [-0.3, -0.25) is 0 Å². The molecule has 2 nitrogen and oxygen atoms in total. The van der Waals surface area contributed by atoms with Gasteiger partial charge in [-0.15, -0.1) is 0 Å². The Balaban J connectivity index is 0.000000211. The fraction of sp³-hybridized carbons (Fsp3) is 0.815. The summed E-state index contributed by atoms with van der Waals surface area (Å²) in [5.41, 5.74) is 49.1. The van der Waals surface area contributed by atoms with E-state index >= 15 is 0 Å². The SMILES string of the molecule is CC.CC.CC.CC.CC.CC.CC(C)(C)C1=C2CC3(CC2=C(C(C)(C)C)C1)OCCO3.CC(C)(C)C1=C2CC3(CCCC3)CC2=C(C(C)(C)C)C1.CC(C)(C)C1=C2CC3(CCCC3)CC2=C(C(C)(C)C)C1.CC(C)(C)C1=C2CC3(CCCC3)CC2=C(C(C)(C)C)C1.CC(C)(C)C1=C2CC3(CCCC3)CC2=C(C(C)(C)C)C1.CC(C)(C)C1=C2CC3(CCCC3)CC2=C(C(C)(C)C)C1. The van der Waals surface area contributed by atoms with Gasteiger partial charge >= 0.3 is 0 Å². The quantitative estimate of drug-likeness (QED) is 0.241. The van der Waals surface area contributed by atoms with Crippen LogP contribution in [0.25, 0.3) is 0 Å². The van der Waals surface area contributed by atoms with E-state index in [-0.39, 0.29) is 16.6 Å². The Kier molecular flexibility index (Phi) is 37.6. The van der Waals surface area contributed by atoms with Crippen LogP contribution in [0.5, 0.6) is 0 Å². The van der Waals surface area contributed by atoms with Crippen molar-refractivity contribution in [2.45, 2.75) is 582 Å². The fourth-order valence-electron chi connectivity index (χ4n) is 28.5. The lowest BCUT2D eigenvalue weighted by Gasteiger charge is -2.29. The van der Waals surface area contributed by atoms with E-state index < -0.39 is 0 Å². The molecule has 1 saturated heterocycles. The Morgan fingerprint density at radius 2 is 0.235 bits per heavy atom. The Morgan fingerprint density at radius 3 is 0.326 bits per heavy atom. The third kappa shape index (κ3) is 25.8. The zero-order valence-corrected chi connectivity index (χ0v) is 98.1. The molecule has 1 aliphatic heterocycles. The Hall–Kier alpha value is -3.20. The highest BCUT2D eigenvalue weighted by Crippen LogP contribution is 2.69. The van der Waals surface area contributed by atoms with Crippen molar-refractivity contribution in [1.29, 1.82) is 0 Å². The molecule has 0 bridgehead atoms. The van der Waals surface area contributed by atoms with E-state index in [9.17, 15) is 0 Å². The van der Waals surface area contributed by atoms with Crippen molar-refractivity contribution < 1.29 is 9.47 Å². The van der Waals surface area contributed by atoms with Crippen molar-refractivity contribution in [2.24, 2.45) is 92.1 Å². The standard InChI is InChI=1S/5C20H32.C18H28O2.6C2H6/c5*1-18(2,3)16-11-17(19(4,5)6)15-13-20(12-14(15)16)9-7-8-10-20;1-16(2,3)14-9-15(17(4,5)6)13-11-18(10-12(13)14)19-7-8-20-18;6*1-2/h5*7-13H2,1-6H3;7-11H2,1-6H3;6*1-2H3. The van der Waals surface area contributed by atoms with Crippen LogP contribution in [0.3, 0.4) is 0 Å². The van der Waals surface area contributed by atoms with E-state index in [1.54, 1.807) is 134 Å². The molecule has 18 aliphatic rings. The first-order chi connectivity index (χ1) is 60.7. The smallest absolute Gasteiger partial charge is 0.176 e. The Bertz CT molecular complexity index is 3380. The van der Waals surface area contributed by atoms with Crippen LogP contribution in [0.1, 0.15) is 576 Å². The average molecular weight is 1820 g/mol. The molecular weight excluding hydrogens is 1590 g/mol. The first-order valence-corrected chi connectivity index (χ1v) is 56.7. The van der Waals surface area contributed by atoms with Crippen molar-refractivity contribution >= 4 is 0 Å². The third-order valence-electron chi connectivity index (χ3n) is 35.1. The van der Waals surface area contributed by atoms with Gasteiger partial charge in [0.2, 0.25) is 0 Å². The van der Waals surface area contributed by atoms with Crippen LogP contribution in [-0.4, -0.2) is 19.0 Å². The lowest BCUT2D eigenvalue weighted by atomic mass is 9.75. The highest BCUT2D eigenvalue weighted by atomic mass is 16.7. The molecule has 0 aromatic heterocycles. The number of allylic oxidation sites excluding steroid dienone is 22. The summed E-state index contributed by atoms with van der Waals surface area (Å²) in [6, 6.07) is 0. The highest BCUT2D eigenvalue weighted by molar-refractivity contribution is 5.61. The lowest BCUT2D eigenvalue weighted by Crippen LogP contribution is -2.26. The molecule has 0 amide bonds. The summed E-state index contributed by atoms with van der Waals surface area (Å²) in [5.74, 6) is -0.335. The molecule has 11 saturated carbocycles. The van der Waals surface area contributed by atoms with E-state index in [2.05, 4.69) is 249 Å². The van der Waals surface area contributed by atoms with Gasteiger partial charge in [0, 0.05) is 12.8 Å². The molecule has 1 heterocycles. The van der Waals surface area contributed by atoms with Gasteiger partial charge in [-0.2, -0.15) is 0 Å². The van der Waals surface area contributed by atoms with Crippen molar-refractivity contribution in [2.75, 3.05) is 13.2 Å². The number of ether oxygens (including phenoxy) is 2. The van der Waals surface area contributed by atoms with Gasteiger partial charge in [0.25, 0.3) is 0 Å². The maximum absolute atomic E-state index is 5.97. The maximum Gasteiger partial charge on any atom is 0.176 e. The van der Waals surface area contributed by atoms with Crippen LogP contribution in [0.4, 0.5) is 0 Å². The van der Waals surface area contributed by atoms with Gasteiger partial charge in [-0.05, 0) is 326 Å². The van der Waals surface area contributed by atoms with Gasteiger partial charge in [0.15, 0.2) is 5.79 Å². The first kappa shape index (κ1) is 116. The van der Waals surface area contributed by atoms with Crippen LogP contribution >= 0.6 is 0 Å².